The molecule has 1 heterocycles. The van der Waals surface area contributed by atoms with Gasteiger partial charge in [-0.05, 0) is 32.1 Å². The van der Waals surface area contributed by atoms with Crippen molar-refractivity contribution in [2.75, 3.05) is 13.2 Å². The third-order valence-electron chi connectivity index (χ3n) is 16.3. The first-order valence-corrected chi connectivity index (χ1v) is 33.6. The van der Waals surface area contributed by atoms with E-state index in [-0.39, 0.29) is 12.5 Å². The van der Waals surface area contributed by atoms with Gasteiger partial charge in [0.1, 0.15) is 24.4 Å². The fourth-order valence-corrected chi connectivity index (χ4v) is 11.0. The molecule has 0 saturated carbocycles. The normalized spacial score (nSPS) is 18.9. The summed E-state index contributed by atoms with van der Waals surface area (Å²) in [5.41, 5.74) is 0. The first kappa shape index (κ1) is 72.7. The number of carbonyl (C=O) groups excluding carboxylic acids is 1. The largest absolute Gasteiger partial charge is 0.394 e. The van der Waals surface area contributed by atoms with E-state index in [1.165, 1.54) is 283 Å². The number of aliphatic hydroxyl groups excluding tert-OH is 5. The van der Waals surface area contributed by atoms with Crippen LogP contribution in [0.4, 0.5) is 0 Å². The van der Waals surface area contributed by atoms with Gasteiger partial charge in [0, 0.05) is 6.42 Å². The Morgan fingerprint density at radius 1 is 0.434 bits per heavy atom. The molecule has 6 N–H and O–H groups in total. The highest BCUT2D eigenvalue weighted by Gasteiger charge is 2.44. The van der Waals surface area contributed by atoms with Crippen LogP contribution in [0, 0.1) is 0 Å². The molecule has 1 amide bonds. The minimum atomic E-state index is -1.57. The van der Waals surface area contributed by atoms with Gasteiger partial charge in [0.25, 0.3) is 0 Å². The Morgan fingerprint density at radius 2 is 0.750 bits per heavy atom. The quantitative estimate of drug-likeness (QED) is 0.0261. The van der Waals surface area contributed by atoms with E-state index < -0.39 is 49.5 Å². The highest BCUT2D eigenvalue weighted by Crippen LogP contribution is 2.23. The molecule has 9 nitrogen and oxygen atoms in total. The molecule has 0 radical (unpaired) electrons. The van der Waals surface area contributed by atoms with Gasteiger partial charge >= 0.3 is 0 Å². The lowest BCUT2D eigenvalue weighted by Gasteiger charge is -2.40. The van der Waals surface area contributed by atoms with Crippen LogP contribution in [0.15, 0.2) is 24.3 Å². The fourth-order valence-electron chi connectivity index (χ4n) is 11.0. The molecule has 0 aromatic carbocycles. The molecule has 0 aliphatic carbocycles. The number of hydrogen-bond acceptors (Lipinski definition) is 8. The summed E-state index contributed by atoms with van der Waals surface area (Å²) in [6.07, 6.45) is 67.3. The smallest absolute Gasteiger partial charge is 0.220 e. The van der Waals surface area contributed by atoms with E-state index in [1.54, 1.807) is 6.08 Å². The highest BCUT2D eigenvalue weighted by molar-refractivity contribution is 5.76. The molecule has 9 heteroatoms. The molecule has 1 aliphatic rings. The molecule has 7 unspecified atom stereocenters. The number of nitrogens with one attached hydrogen (secondary N) is 1. The van der Waals surface area contributed by atoms with Gasteiger partial charge in [-0.1, -0.05) is 327 Å². The maximum absolute atomic E-state index is 13.1. The lowest BCUT2D eigenvalue weighted by molar-refractivity contribution is -0.302. The van der Waals surface area contributed by atoms with Crippen molar-refractivity contribution in [3.05, 3.63) is 24.3 Å². The van der Waals surface area contributed by atoms with Crippen LogP contribution < -0.4 is 5.32 Å². The molecule has 76 heavy (non-hydrogen) atoms. The number of carbonyl (C=O) groups is 1. The lowest BCUT2D eigenvalue weighted by atomic mass is 9.99. The van der Waals surface area contributed by atoms with Gasteiger partial charge in [-0.3, -0.25) is 4.79 Å². The Labute approximate surface area is 470 Å². The second-order valence-corrected chi connectivity index (χ2v) is 23.6. The van der Waals surface area contributed by atoms with Crippen LogP contribution in [0.2, 0.25) is 0 Å². The van der Waals surface area contributed by atoms with Crippen LogP contribution in [-0.4, -0.2) is 87.5 Å². The summed E-state index contributed by atoms with van der Waals surface area (Å²) in [6, 6.07) is -0.819. The van der Waals surface area contributed by atoms with E-state index in [4.69, 9.17) is 9.47 Å². The van der Waals surface area contributed by atoms with Crippen LogP contribution in [0.3, 0.4) is 0 Å². The number of hydrogen-bond donors (Lipinski definition) is 6. The first-order chi connectivity index (χ1) is 37.3. The molecular formula is C67H129NO8. The molecule has 450 valence electrons. The Kier molecular flexibility index (Phi) is 54.4. The van der Waals surface area contributed by atoms with Gasteiger partial charge in [0.05, 0.1) is 25.4 Å². The maximum Gasteiger partial charge on any atom is 0.220 e. The number of ether oxygens (including phenoxy) is 2. The summed E-state index contributed by atoms with van der Waals surface area (Å²) in [6.45, 7) is 3.81. The molecule has 0 bridgehead atoms. The minimum absolute atomic E-state index is 0.179. The summed E-state index contributed by atoms with van der Waals surface area (Å²) < 4.78 is 11.3. The zero-order valence-corrected chi connectivity index (χ0v) is 50.3. The lowest BCUT2D eigenvalue weighted by Crippen LogP contribution is -2.60. The Balaban J connectivity index is 2.07. The average molecular weight is 1080 g/mol. The molecule has 1 rings (SSSR count). The molecule has 0 aromatic heterocycles. The molecule has 1 saturated heterocycles. The Hall–Kier alpha value is -1.33. The van der Waals surface area contributed by atoms with Gasteiger partial charge in [-0.15, -0.1) is 0 Å². The van der Waals surface area contributed by atoms with E-state index >= 15 is 0 Å². The van der Waals surface area contributed by atoms with Gasteiger partial charge in [0.2, 0.25) is 5.91 Å². The first-order valence-electron chi connectivity index (χ1n) is 33.6. The van der Waals surface area contributed by atoms with Gasteiger partial charge < -0.3 is 40.3 Å². The number of unbranched alkanes of at least 4 members (excludes halogenated alkanes) is 47. The zero-order chi connectivity index (χ0) is 55.0. The van der Waals surface area contributed by atoms with Crippen molar-refractivity contribution in [1.29, 1.82) is 0 Å². The van der Waals surface area contributed by atoms with Gasteiger partial charge in [-0.25, -0.2) is 0 Å². The monoisotopic (exact) mass is 1080 g/mol. The van der Waals surface area contributed by atoms with E-state index in [0.29, 0.717) is 6.42 Å². The van der Waals surface area contributed by atoms with E-state index in [0.717, 1.165) is 38.5 Å². The Morgan fingerprint density at radius 3 is 1.11 bits per heavy atom. The SMILES string of the molecule is CCCCCCCCCCCCC/C=C/CC/C=C/C(O)C(COC1OC(CO)C(O)C(O)C1O)NC(=O)CCCCCCCCCCCCCCCCCCCCCCCCCCCCCCCCCCCCCC. The molecular weight excluding hydrogens is 947 g/mol. The summed E-state index contributed by atoms with van der Waals surface area (Å²) in [5, 5.41) is 54.6. The topological polar surface area (TPSA) is 149 Å². The maximum atomic E-state index is 13.1. The second-order valence-electron chi connectivity index (χ2n) is 23.6. The van der Waals surface area contributed by atoms with E-state index in [9.17, 15) is 30.3 Å². The van der Waals surface area contributed by atoms with Crippen molar-refractivity contribution >= 4 is 5.91 Å². The van der Waals surface area contributed by atoms with Crippen molar-refractivity contribution < 1.29 is 39.8 Å². The van der Waals surface area contributed by atoms with E-state index in [2.05, 4.69) is 31.3 Å². The summed E-state index contributed by atoms with van der Waals surface area (Å²) >= 11 is 0. The predicted octanol–water partition coefficient (Wildman–Crippen LogP) is 17.7. The molecule has 1 fully saturated rings. The van der Waals surface area contributed by atoms with Crippen LogP contribution >= 0.6 is 0 Å². The highest BCUT2D eigenvalue weighted by atomic mass is 16.7. The average Bonchev–Trinajstić information content (AvgIpc) is 3.42. The third kappa shape index (κ3) is 45.4. The fraction of sp³-hybridized carbons (Fsp3) is 0.925. The number of aliphatic hydroxyl groups is 5. The number of allylic oxidation sites excluding steroid dienone is 3. The van der Waals surface area contributed by atoms with E-state index in [1.807, 2.05) is 6.08 Å². The molecule has 0 spiro atoms. The Bertz CT molecular complexity index is 1250. The summed E-state index contributed by atoms with van der Waals surface area (Å²) in [7, 11) is 0. The molecule has 7 atom stereocenters. The van der Waals surface area contributed by atoms with Crippen molar-refractivity contribution in [2.24, 2.45) is 0 Å². The van der Waals surface area contributed by atoms with Crippen LogP contribution in [0.25, 0.3) is 0 Å². The van der Waals surface area contributed by atoms with Crippen molar-refractivity contribution in [1.82, 2.24) is 5.32 Å². The summed E-state index contributed by atoms with van der Waals surface area (Å²) in [4.78, 5) is 13.1. The predicted molar refractivity (Wildman–Crippen MR) is 323 cm³/mol. The second kappa shape index (κ2) is 56.9. The standard InChI is InChI=1S/C67H129NO8/c1-3-5-7-9-11-13-15-17-19-21-22-23-24-25-26-27-28-29-30-31-32-33-34-35-36-37-38-39-41-43-45-47-49-51-53-55-57-63(71)68-60(59-75-67-66(74)65(73)64(72)62(58-69)76-67)61(70)56-54-52-50-48-46-44-42-40-20-18-16-14-12-10-8-6-4-2/h46,48,54,56,60-62,64-67,69-70,72-74H,3-45,47,49-53,55,57-59H2,1-2H3,(H,68,71)/b48-46+,56-54+. The van der Waals surface area contributed by atoms with Crippen molar-refractivity contribution in [3.8, 4) is 0 Å². The van der Waals surface area contributed by atoms with Gasteiger partial charge in [0.15, 0.2) is 6.29 Å². The molecule has 1 aliphatic heterocycles. The van der Waals surface area contributed by atoms with Crippen molar-refractivity contribution in [3.63, 3.8) is 0 Å². The molecule has 0 aromatic rings. The number of rotatable bonds is 59. The minimum Gasteiger partial charge on any atom is -0.394 e. The van der Waals surface area contributed by atoms with Gasteiger partial charge in [-0.2, -0.15) is 0 Å². The van der Waals surface area contributed by atoms with Crippen LogP contribution in [0.1, 0.15) is 341 Å². The third-order valence-corrected chi connectivity index (χ3v) is 16.3. The zero-order valence-electron chi connectivity index (χ0n) is 50.3. The van der Waals surface area contributed by atoms with Crippen molar-refractivity contribution in [2.45, 2.75) is 384 Å². The number of amides is 1. The van der Waals surface area contributed by atoms with Crippen LogP contribution in [0.5, 0.6) is 0 Å². The van der Waals surface area contributed by atoms with Crippen LogP contribution in [-0.2, 0) is 14.3 Å². The summed E-state index contributed by atoms with van der Waals surface area (Å²) in [5.74, 6) is -0.179.